The van der Waals surface area contributed by atoms with Crippen LogP contribution in [0.3, 0.4) is 0 Å². The van der Waals surface area contributed by atoms with Gasteiger partial charge < -0.3 is 23.7 Å². The molecule has 4 heterocycles. The Balaban J connectivity index is 1.61. The molecule has 23 heavy (non-hydrogen) atoms. The third kappa shape index (κ3) is 2.77. The SMILES string of the molecule is CC1(C)O[C@@H]2[C@H](O1)[C@@H](c1cnccn1)O[C@@H]2[C@H]1COC(C)(C)O1. The minimum atomic E-state index is -0.660. The number of hydrogen-bond acceptors (Lipinski definition) is 7. The maximum atomic E-state index is 6.23. The highest BCUT2D eigenvalue weighted by Crippen LogP contribution is 2.47. The van der Waals surface area contributed by atoms with Gasteiger partial charge in [-0.3, -0.25) is 9.97 Å². The van der Waals surface area contributed by atoms with Crippen LogP contribution in [0.4, 0.5) is 0 Å². The molecule has 7 heteroatoms. The molecule has 0 bridgehead atoms. The minimum absolute atomic E-state index is 0.198. The summed E-state index contributed by atoms with van der Waals surface area (Å²) in [7, 11) is 0. The van der Waals surface area contributed by atoms with Crippen molar-refractivity contribution in [1.29, 1.82) is 0 Å². The van der Waals surface area contributed by atoms with Crippen molar-refractivity contribution in [2.75, 3.05) is 6.61 Å². The van der Waals surface area contributed by atoms with Gasteiger partial charge in [0.25, 0.3) is 0 Å². The van der Waals surface area contributed by atoms with Crippen LogP contribution >= 0.6 is 0 Å². The van der Waals surface area contributed by atoms with Gasteiger partial charge >= 0.3 is 0 Å². The lowest BCUT2D eigenvalue weighted by atomic mass is 10.0. The third-order valence-electron chi connectivity index (χ3n) is 4.36. The van der Waals surface area contributed by atoms with Gasteiger partial charge in [0, 0.05) is 12.4 Å². The molecular weight excluding hydrogens is 300 g/mol. The fraction of sp³-hybridized carbons (Fsp3) is 0.750. The number of ether oxygens (including phenoxy) is 5. The van der Waals surface area contributed by atoms with Crippen LogP contribution in [0.15, 0.2) is 18.6 Å². The van der Waals surface area contributed by atoms with E-state index in [1.165, 1.54) is 0 Å². The zero-order valence-electron chi connectivity index (χ0n) is 13.8. The second-order valence-electron chi connectivity index (χ2n) is 7.08. The van der Waals surface area contributed by atoms with E-state index in [2.05, 4.69) is 9.97 Å². The summed E-state index contributed by atoms with van der Waals surface area (Å²) in [5.41, 5.74) is 0.740. The minimum Gasteiger partial charge on any atom is -0.360 e. The highest BCUT2D eigenvalue weighted by molar-refractivity contribution is 5.11. The molecule has 0 unspecified atom stereocenters. The van der Waals surface area contributed by atoms with Crippen LogP contribution in [0, 0.1) is 0 Å². The zero-order chi connectivity index (χ0) is 16.2. The summed E-state index contributed by atoms with van der Waals surface area (Å²) in [5.74, 6) is -1.27. The van der Waals surface area contributed by atoms with E-state index in [9.17, 15) is 0 Å². The van der Waals surface area contributed by atoms with Crippen molar-refractivity contribution < 1.29 is 23.7 Å². The quantitative estimate of drug-likeness (QED) is 0.818. The van der Waals surface area contributed by atoms with Crippen molar-refractivity contribution in [2.45, 2.75) is 69.8 Å². The number of hydrogen-bond donors (Lipinski definition) is 0. The van der Waals surface area contributed by atoms with Crippen LogP contribution in [0.25, 0.3) is 0 Å². The molecule has 1 aromatic rings. The molecule has 1 aromatic heterocycles. The Morgan fingerprint density at radius 2 is 1.74 bits per heavy atom. The Morgan fingerprint density at radius 1 is 0.957 bits per heavy atom. The number of aromatic nitrogens is 2. The van der Waals surface area contributed by atoms with Crippen LogP contribution in [-0.4, -0.2) is 52.6 Å². The summed E-state index contributed by atoms with van der Waals surface area (Å²) in [6.45, 7) is 8.08. The van der Waals surface area contributed by atoms with E-state index in [0.717, 1.165) is 5.69 Å². The van der Waals surface area contributed by atoms with Gasteiger partial charge in [-0.05, 0) is 27.7 Å². The number of nitrogens with zero attached hydrogens (tertiary/aromatic N) is 2. The van der Waals surface area contributed by atoms with E-state index < -0.39 is 11.6 Å². The van der Waals surface area contributed by atoms with Gasteiger partial charge in [-0.25, -0.2) is 0 Å². The molecule has 0 saturated carbocycles. The molecule has 0 N–H and O–H groups in total. The van der Waals surface area contributed by atoms with Crippen molar-refractivity contribution in [3.05, 3.63) is 24.3 Å². The summed E-state index contributed by atoms with van der Waals surface area (Å²) in [4.78, 5) is 8.49. The fourth-order valence-electron chi connectivity index (χ4n) is 3.50. The molecule has 0 spiro atoms. The predicted octanol–water partition coefficient (Wildman–Crippen LogP) is 1.59. The molecule has 3 aliphatic rings. The van der Waals surface area contributed by atoms with E-state index in [4.69, 9.17) is 23.7 Å². The summed E-state index contributed by atoms with van der Waals surface area (Å²) < 4.78 is 30.0. The standard InChI is InChI=1S/C16H22N2O5/c1-15(2)19-8-10(21-15)12-14-13(22-16(3,4)23-14)11(20-12)9-7-17-5-6-18-9/h5-7,10-14H,8H2,1-4H3/t10-,11-,12-,13-,14+/m1/s1. The second kappa shape index (κ2) is 5.19. The van der Waals surface area contributed by atoms with Gasteiger partial charge in [-0.15, -0.1) is 0 Å². The molecule has 4 rings (SSSR count). The first kappa shape index (κ1) is 15.4. The van der Waals surface area contributed by atoms with Gasteiger partial charge in [-0.1, -0.05) is 0 Å². The van der Waals surface area contributed by atoms with Gasteiger partial charge in [-0.2, -0.15) is 0 Å². The van der Waals surface area contributed by atoms with Crippen LogP contribution in [0.1, 0.15) is 39.5 Å². The van der Waals surface area contributed by atoms with Crippen LogP contribution < -0.4 is 0 Å². The maximum absolute atomic E-state index is 6.23. The molecule has 0 amide bonds. The Kier molecular flexibility index (Phi) is 3.48. The molecule has 3 saturated heterocycles. The Hall–Kier alpha value is -1.12. The molecule has 126 valence electrons. The van der Waals surface area contributed by atoms with E-state index in [1.807, 2.05) is 27.7 Å². The van der Waals surface area contributed by atoms with Crippen molar-refractivity contribution in [3.63, 3.8) is 0 Å². The van der Waals surface area contributed by atoms with Crippen molar-refractivity contribution in [2.24, 2.45) is 0 Å². The first-order valence-corrected chi connectivity index (χ1v) is 7.93. The summed E-state index contributed by atoms with van der Waals surface area (Å²) >= 11 is 0. The highest BCUT2D eigenvalue weighted by Gasteiger charge is 2.59. The predicted molar refractivity (Wildman–Crippen MR) is 78.4 cm³/mol. The third-order valence-corrected chi connectivity index (χ3v) is 4.36. The van der Waals surface area contributed by atoms with Crippen LogP contribution in [0.2, 0.25) is 0 Å². The summed E-state index contributed by atoms with van der Waals surface area (Å²) in [5, 5.41) is 0. The average Bonchev–Trinajstić information content (AvgIpc) is 3.10. The topological polar surface area (TPSA) is 71.9 Å². The lowest BCUT2D eigenvalue weighted by Crippen LogP contribution is -2.40. The van der Waals surface area contributed by atoms with Gasteiger partial charge in [0.2, 0.25) is 0 Å². The summed E-state index contributed by atoms with van der Waals surface area (Å²) in [6, 6.07) is 0. The number of fused-ring (bicyclic) bond motifs is 1. The molecule has 0 aromatic carbocycles. The number of rotatable bonds is 2. The fourth-order valence-corrected chi connectivity index (χ4v) is 3.50. The normalized spacial score (nSPS) is 41.1. The molecule has 3 aliphatic heterocycles. The summed E-state index contributed by atoms with van der Waals surface area (Å²) in [6.07, 6.45) is 3.74. The van der Waals surface area contributed by atoms with Crippen molar-refractivity contribution in [3.8, 4) is 0 Å². The van der Waals surface area contributed by atoms with Crippen LogP contribution in [-0.2, 0) is 23.7 Å². The van der Waals surface area contributed by atoms with Gasteiger partial charge in [0.1, 0.15) is 30.5 Å². The van der Waals surface area contributed by atoms with Crippen LogP contribution in [0.5, 0.6) is 0 Å². The average molecular weight is 322 g/mol. The van der Waals surface area contributed by atoms with Crippen molar-refractivity contribution >= 4 is 0 Å². The first-order chi connectivity index (χ1) is 10.8. The highest BCUT2D eigenvalue weighted by atomic mass is 16.8. The monoisotopic (exact) mass is 322 g/mol. The lowest BCUT2D eigenvalue weighted by Gasteiger charge is -2.26. The second-order valence-corrected chi connectivity index (χ2v) is 7.08. The molecular formula is C16H22N2O5. The van der Waals surface area contributed by atoms with E-state index in [-0.39, 0.29) is 30.5 Å². The molecule has 5 atom stereocenters. The first-order valence-electron chi connectivity index (χ1n) is 7.93. The van der Waals surface area contributed by atoms with E-state index in [0.29, 0.717) is 6.61 Å². The molecule has 3 fully saturated rings. The Bertz CT molecular complexity index is 579. The molecule has 0 aliphatic carbocycles. The van der Waals surface area contributed by atoms with Gasteiger partial charge in [0.05, 0.1) is 18.5 Å². The molecule has 0 radical (unpaired) electrons. The smallest absolute Gasteiger partial charge is 0.164 e. The Labute approximate surface area is 135 Å². The van der Waals surface area contributed by atoms with Crippen molar-refractivity contribution in [1.82, 2.24) is 9.97 Å². The zero-order valence-corrected chi connectivity index (χ0v) is 13.8. The van der Waals surface area contributed by atoms with Gasteiger partial charge in [0.15, 0.2) is 11.6 Å². The largest absolute Gasteiger partial charge is 0.360 e. The van der Waals surface area contributed by atoms with E-state index in [1.54, 1.807) is 18.6 Å². The van der Waals surface area contributed by atoms with E-state index >= 15 is 0 Å². The molecule has 7 nitrogen and oxygen atoms in total. The Morgan fingerprint density at radius 3 is 2.39 bits per heavy atom. The lowest BCUT2D eigenvalue weighted by molar-refractivity contribution is -0.207. The maximum Gasteiger partial charge on any atom is 0.164 e.